The number of likely N-dealkylation sites (N-methyl/N-ethyl adjacent to an activating group) is 2. The first-order chi connectivity index (χ1) is 31.8. The lowest BCUT2D eigenvalue weighted by molar-refractivity contribution is -0.155. The monoisotopic (exact) mass is 944 g/mol. The van der Waals surface area contributed by atoms with E-state index in [0.717, 1.165) is 39.0 Å². The summed E-state index contributed by atoms with van der Waals surface area (Å²) >= 11 is 1.54. The van der Waals surface area contributed by atoms with E-state index in [4.69, 9.17) is 20.2 Å². The zero-order chi connectivity index (χ0) is 48.9. The summed E-state index contributed by atoms with van der Waals surface area (Å²) in [5, 5.41) is 19.6. The molecule has 0 aliphatic carbocycles. The number of nitrogens with zero attached hydrogens (tertiary/aromatic N) is 6. The number of thioether (sulfide) groups is 1. The van der Waals surface area contributed by atoms with Gasteiger partial charge in [0.05, 0.1) is 42.2 Å². The predicted molar refractivity (Wildman–Crippen MR) is 264 cm³/mol. The summed E-state index contributed by atoms with van der Waals surface area (Å²) in [7, 11) is 5.02. The van der Waals surface area contributed by atoms with Crippen molar-refractivity contribution in [3.8, 4) is 11.3 Å². The van der Waals surface area contributed by atoms with Crippen LogP contribution in [0.1, 0.15) is 97.1 Å². The van der Waals surface area contributed by atoms with E-state index < -0.39 is 35.7 Å². The minimum Gasteiger partial charge on any atom is -0.464 e. The number of pyridine rings is 1. The number of aryl methyl sites for hydroxylation is 1. The molecule has 5 heterocycles. The van der Waals surface area contributed by atoms with Crippen molar-refractivity contribution >= 4 is 52.2 Å². The first kappa shape index (κ1) is 51.5. The zero-order valence-corrected chi connectivity index (χ0v) is 41.9. The third-order valence-electron chi connectivity index (χ3n) is 13.6. The van der Waals surface area contributed by atoms with Gasteiger partial charge in [0.25, 0.3) is 5.91 Å². The maximum Gasteiger partial charge on any atom is 0.324 e. The number of ether oxygens (including phenoxy) is 2. The predicted octanol–water partition coefficient (Wildman–Crippen LogP) is 5.89. The molecule has 1 aromatic carbocycles. The van der Waals surface area contributed by atoms with Crippen LogP contribution in [-0.4, -0.2) is 141 Å². The second kappa shape index (κ2) is 22.0. The summed E-state index contributed by atoms with van der Waals surface area (Å²) in [6.07, 6.45) is 4.08. The summed E-state index contributed by atoms with van der Waals surface area (Å²) < 4.78 is 14.3. The van der Waals surface area contributed by atoms with Crippen LogP contribution in [0, 0.1) is 11.3 Å². The lowest BCUT2D eigenvalue weighted by Gasteiger charge is -2.47. The van der Waals surface area contributed by atoms with E-state index >= 15 is 0 Å². The Morgan fingerprint density at radius 3 is 2.57 bits per heavy atom. The molecule has 3 unspecified atom stereocenters. The van der Waals surface area contributed by atoms with Crippen LogP contribution in [0.25, 0.3) is 27.9 Å². The Hall–Kier alpha value is -4.94. The number of fused-ring (bicyclic) bond motifs is 3. The Kier molecular flexibility index (Phi) is 16.9. The number of nitrogens with one attached hydrogen (secondary N) is 2. The Morgan fingerprint density at radius 2 is 1.91 bits per heavy atom. The highest BCUT2D eigenvalue weighted by molar-refractivity contribution is 8.02. The molecule has 2 fully saturated rings. The standard InChI is InChI=1S/C50H73N9O7S/c1-12-34-24-40(53-46(61)44(30(4)5)56(10)49(64)57-26-33(27-57)55(9)42(60)13-2)47(62)59-22-16-18-39(54-59)48(63)66-29-50(7,8)25-37-36-23-32(38(51)28-67-34)19-20-41(36)58(14-3)45(37)35-17-15-21-52-43(35)31(6)65-11/h13,15,17,19-21,23,28,30-31,33-34,39-40,44,46,53-54,61H,2,12,14,16,18,22,24-27,29,51H2,1,3-11H3/b38-28-/t31-,34?,39-,40?,44-,46?/m0/s1. The second-order valence-electron chi connectivity index (χ2n) is 19.4. The van der Waals surface area contributed by atoms with E-state index in [1.165, 1.54) is 27.7 Å². The number of rotatable bonds is 12. The van der Waals surface area contributed by atoms with Gasteiger partial charge in [-0.25, -0.2) is 10.2 Å². The lowest BCUT2D eigenvalue weighted by Crippen LogP contribution is -2.66. The van der Waals surface area contributed by atoms with Gasteiger partial charge < -0.3 is 39.6 Å². The summed E-state index contributed by atoms with van der Waals surface area (Å²) in [5.41, 5.74) is 16.0. The number of aromatic nitrogens is 2. The molecule has 67 heavy (non-hydrogen) atoms. The van der Waals surface area contributed by atoms with Gasteiger partial charge in [-0.2, -0.15) is 0 Å². The molecule has 3 aliphatic rings. The van der Waals surface area contributed by atoms with Crippen LogP contribution in [0.5, 0.6) is 0 Å². The number of amides is 4. The maximum atomic E-state index is 14.7. The molecule has 3 aliphatic heterocycles. The van der Waals surface area contributed by atoms with E-state index in [0.29, 0.717) is 64.0 Å². The molecule has 0 radical (unpaired) electrons. The largest absolute Gasteiger partial charge is 0.464 e. The fraction of sp³-hybridized carbons (Fsp3) is 0.580. The molecule has 4 bridgehead atoms. The lowest BCUT2D eigenvalue weighted by atomic mass is 9.84. The Bertz CT molecular complexity index is 2310. The average molecular weight is 944 g/mol. The Labute approximate surface area is 400 Å². The molecule has 16 nitrogen and oxygen atoms in total. The van der Waals surface area contributed by atoms with Crippen LogP contribution in [0.2, 0.25) is 0 Å². The van der Waals surface area contributed by atoms with Gasteiger partial charge >= 0.3 is 12.0 Å². The topological polar surface area (TPSA) is 188 Å². The zero-order valence-electron chi connectivity index (χ0n) is 41.1. The fourth-order valence-corrected chi connectivity index (χ4v) is 10.6. The van der Waals surface area contributed by atoms with Gasteiger partial charge in [-0.1, -0.05) is 47.3 Å². The van der Waals surface area contributed by atoms with Gasteiger partial charge in [0, 0.05) is 86.4 Å². The Balaban J connectivity index is 1.35. The number of hydrogen-bond acceptors (Lipinski definition) is 12. The molecule has 366 valence electrons. The number of aliphatic hydroxyl groups is 1. The van der Waals surface area contributed by atoms with Crippen molar-refractivity contribution in [1.82, 2.24) is 40.0 Å². The molecule has 0 spiro atoms. The minimum atomic E-state index is -1.30. The third kappa shape index (κ3) is 11.3. The smallest absolute Gasteiger partial charge is 0.324 e. The number of esters is 1. The molecule has 4 amide bonds. The number of urea groups is 1. The van der Waals surface area contributed by atoms with Crippen LogP contribution in [-0.2, 0) is 36.8 Å². The van der Waals surface area contributed by atoms with Crippen molar-refractivity contribution < 1.29 is 33.8 Å². The van der Waals surface area contributed by atoms with Crippen molar-refractivity contribution in [2.75, 3.05) is 47.4 Å². The molecule has 0 saturated carbocycles. The van der Waals surface area contributed by atoms with Crippen molar-refractivity contribution in [3.05, 3.63) is 71.4 Å². The number of hydrogen-bond donors (Lipinski definition) is 4. The molecular formula is C50H73N9O7S. The van der Waals surface area contributed by atoms with Crippen molar-refractivity contribution in [2.45, 2.75) is 129 Å². The molecule has 6 atom stereocenters. The van der Waals surface area contributed by atoms with Gasteiger partial charge in [-0.15, -0.1) is 11.8 Å². The van der Waals surface area contributed by atoms with Crippen molar-refractivity contribution in [3.63, 3.8) is 0 Å². The molecule has 2 saturated heterocycles. The number of carbonyl (C=O) groups excluding carboxylic acids is 4. The van der Waals surface area contributed by atoms with Crippen LogP contribution in [0.15, 0.2) is 54.6 Å². The van der Waals surface area contributed by atoms with Crippen LogP contribution >= 0.6 is 11.8 Å². The van der Waals surface area contributed by atoms with Crippen molar-refractivity contribution in [2.24, 2.45) is 17.1 Å². The Morgan fingerprint density at radius 1 is 1.18 bits per heavy atom. The quantitative estimate of drug-likeness (QED) is 0.0960. The minimum absolute atomic E-state index is 0.121. The van der Waals surface area contributed by atoms with Crippen LogP contribution in [0.3, 0.4) is 0 Å². The molecule has 17 heteroatoms. The van der Waals surface area contributed by atoms with Gasteiger partial charge in [0.1, 0.15) is 12.3 Å². The van der Waals surface area contributed by atoms with Crippen LogP contribution < -0.4 is 16.5 Å². The first-order valence-electron chi connectivity index (χ1n) is 23.7. The number of hydrazine groups is 1. The van der Waals surface area contributed by atoms with E-state index in [9.17, 15) is 24.3 Å². The molecule has 3 aromatic rings. The highest BCUT2D eigenvalue weighted by Crippen LogP contribution is 2.41. The van der Waals surface area contributed by atoms with Crippen LogP contribution in [0.4, 0.5) is 4.79 Å². The molecule has 2 aromatic heterocycles. The van der Waals surface area contributed by atoms with Gasteiger partial charge in [0.2, 0.25) is 5.91 Å². The normalized spacial score (nSPS) is 23.0. The second-order valence-corrected chi connectivity index (χ2v) is 20.5. The van der Waals surface area contributed by atoms with Gasteiger partial charge in [-0.05, 0) is 98.7 Å². The van der Waals surface area contributed by atoms with E-state index in [2.05, 4.69) is 67.8 Å². The summed E-state index contributed by atoms with van der Waals surface area (Å²) in [6, 6.07) is 7.52. The van der Waals surface area contributed by atoms with E-state index in [-0.39, 0.29) is 47.8 Å². The number of methoxy groups -OCH3 is 1. The number of cyclic esters (lactones) is 1. The molecular weight excluding hydrogens is 871 g/mol. The number of aliphatic hydroxyl groups excluding tert-OH is 1. The summed E-state index contributed by atoms with van der Waals surface area (Å²) in [4.78, 5) is 64.2. The summed E-state index contributed by atoms with van der Waals surface area (Å²) in [5.74, 6) is -1.20. The first-order valence-corrected chi connectivity index (χ1v) is 24.6. The van der Waals surface area contributed by atoms with Gasteiger partial charge in [-0.3, -0.25) is 29.7 Å². The van der Waals surface area contributed by atoms with E-state index in [1.807, 2.05) is 38.3 Å². The summed E-state index contributed by atoms with van der Waals surface area (Å²) in [6.45, 7) is 19.6. The highest BCUT2D eigenvalue weighted by atomic mass is 32.2. The van der Waals surface area contributed by atoms with E-state index in [1.54, 1.807) is 37.2 Å². The number of benzene rings is 1. The number of likely N-dealkylation sites (tertiary alicyclic amines) is 1. The SMILES string of the molecule is C=CC(=O)N(C)C1CN(C(=O)N(C)[C@@H](C(C)C)C(O)NC2CC(CC)S/C=C(\N)c3ccc4c(c3)c(c(-c3cccnc3[C@H](C)OC)n4CC)CC(C)(C)COC(=O)[C@@H]3CCCN(N3)C2=O)C1. The third-order valence-corrected chi connectivity index (χ3v) is 14.9. The number of nitrogens with two attached hydrogens (primary N) is 1. The highest BCUT2D eigenvalue weighted by Gasteiger charge is 2.42. The number of carbonyl (C=O) groups is 4. The van der Waals surface area contributed by atoms with Crippen molar-refractivity contribution in [1.29, 1.82) is 0 Å². The molecule has 6 rings (SSSR count). The molecule has 5 N–H and O–H groups in total. The fourth-order valence-electron chi connectivity index (χ4n) is 9.59. The maximum absolute atomic E-state index is 14.7. The van der Waals surface area contributed by atoms with Gasteiger partial charge in [0.15, 0.2) is 0 Å². The average Bonchev–Trinajstić information content (AvgIpc) is 3.60.